The van der Waals surface area contributed by atoms with Crippen LogP contribution in [-0.4, -0.2) is 41.3 Å². The average molecular weight is 334 g/mol. The summed E-state index contributed by atoms with van der Waals surface area (Å²) in [6.07, 6.45) is 1.82. The fourth-order valence-electron chi connectivity index (χ4n) is 3.16. The topological polar surface area (TPSA) is 45.6 Å². The van der Waals surface area contributed by atoms with Crippen LogP contribution >= 0.6 is 0 Å². The number of likely N-dealkylation sites (tertiary alicyclic amines) is 1. The van der Waals surface area contributed by atoms with Crippen molar-refractivity contribution in [3.05, 3.63) is 59.4 Å². The summed E-state index contributed by atoms with van der Waals surface area (Å²) in [6.45, 7) is 1.05. The second-order valence-electron chi connectivity index (χ2n) is 6.09. The summed E-state index contributed by atoms with van der Waals surface area (Å²) >= 11 is 0. The zero-order chi connectivity index (χ0) is 17.1. The summed E-state index contributed by atoms with van der Waals surface area (Å²) in [5.74, 6) is -1.26. The van der Waals surface area contributed by atoms with Gasteiger partial charge in [0, 0.05) is 43.0 Å². The van der Waals surface area contributed by atoms with Crippen molar-refractivity contribution < 1.29 is 18.6 Å². The van der Waals surface area contributed by atoms with Crippen molar-refractivity contribution in [2.24, 2.45) is 5.92 Å². The standard InChI is InChI=1S/C18H20F2N2O2/c1-24-17-6-5-15(19)14(18(17)20)10-22-9-12(16(23)11-22)8-13-4-2-3-7-21-13/h2-7,12,16,23H,8-11H2,1H3/t12-,16-/m1/s1. The van der Waals surface area contributed by atoms with Crippen molar-refractivity contribution in [2.45, 2.75) is 19.1 Å². The quantitative estimate of drug-likeness (QED) is 0.912. The summed E-state index contributed by atoms with van der Waals surface area (Å²) < 4.78 is 33.1. The predicted octanol–water partition coefficient (Wildman–Crippen LogP) is 2.40. The molecule has 1 aromatic carbocycles. The molecular formula is C18H20F2N2O2. The largest absolute Gasteiger partial charge is 0.494 e. The molecule has 24 heavy (non-hydrogen) atoms. The van der Waals surface area contributed by atoms with Crippen molar-refractivity contribution in [1.29, 1.82) is 0 Å². The monoisotopic (exact) mass is 334 g/mol. The SMILES string of the molecule is COc1ccc(F)c(CN2C[C@@H](Cc3ccccn3)[C@H](O)C2)c1F. The minimum Gasteiger partial charge on any atom is -0.494 e. The Hall–Kier alpha value is -2.05. The Balaban J connectivity index is 1.70. The van der Waals surface area contributed by atoms with E-state index in [2.05, 4.69) is 4.98 Å². The van der Waals surface area contributed by atoms with Crippen LogP contribution in [0.25, 0.3) is 0 Å². The van der Waals surface area contributed by atoms with Crippen LogP contribution in [0.15, 0.2) is 36.5 Å². The molecule has 0 aliphatic carbocycles. The molecule has 2 atom stereocenters. The molecule has 6 heteroatoms. The number of methoxy groups -OCH3 is 1. The van der Waals surface area contributed by atoms with Crippen molar-refractivity contribution in [3.8, 4) is 5.75 Å². The fourth-order valence-corrected chi connectivity index (χ4v) is 3.16. The Morgan fingerprint density at radius 1 is 1.25 bits per heavy atom. The molecule has 0 radical (unpaired) electrons. The first kappa shape index (κ1) is 16.8. The second kappa shape index (κ2) is 7.23. The first-order valence-electron chi connectivity index (χ1n) is 7.89. The van der Waals surface area contributed by atoms with E-state index in [1.54, 1.807) is 6.20 Å². The van der Waals surface area contributed by atoms with Gasteiger partial charge in [0.05, 0.1) is 13.2 Å². The number of aromatic nitrogens is 1. The van der Waals surface area contributed by atoms with E-state index in [4.69, 9.17) is 4.74 Å². The summed E-state index contributed by atoms with van der Waals surface area (Å²) in [5, 5.41) is 10.3. The molecule has 1 aliphatic rings. The Labute approximate surface area is 139 Å². The van der Waals surface area contributed by atoms with Gasteiger partial charge in [-0.25, -0.2) is 8.78 Å². The molecule has 2 aromatic rings. The Kier molecular flexibility index (Phi) is 5.06. The van der Waals surface area contributed by atoms with Crippen LogP contribution in [0.5, 0.6) is 5.75 Å². The maximum absolute atomic E-state index is 14.3. The van der Waals surface area contributed by atoms with E-state index in [9.17, 15) is 13.9 Å². The van der Waals surface area contributed by atoms with E-state index >= 15 is 0 Å². The minimum absolute atomic E-state index is 0.00312. The lowest BCUT2D eigenvalue weighted by Gasteiger charge is -2.17. The number of hydrogen-bond donors (Lipinski definition) is 1. The smallest absolute Gasteiger partial charge is 0.172 e. The lowest BCUT2D eigenvalue weighted by molar-refractivity contribution is 0.140. The van der Waals surface area contributed by atoms with Crippen LogP contribution < -0.4 is 4.74 Å². The van der Waals surface area contributed by atoms with Gasteiger partial charge in [-0.1, -0.05) is 6.07 Å². The van der Waals surface area contributed by atoms with Gasteiger partial charge < -0.3 is 9.84 Å². The lowest BCUT2D eigenvalue weighted by Crippen LogP contribution is -2.23. The van der Waals surface area contributed by atoms with Crippen LogP contribution in [-0.2, 0) is 13.0 Å². The van der Waals surface area contributed by atoms with Gasteiger partial charge in [-0.15, -0.1) is 0 Å². The molecule has 1 aliphatic heterocycles. The third-order valence-corrected chi connectivity index (χ3v) is 4.43. The van der Waals surface area contributed by atoms with E-state index in [0.717, 1.165) is 5.69 Å². The zero-order valence-corrected chi connectivity index (χ0v) is 13.5. The zero-order valence-electron chi connectivity index (χ0n) is 13.5. The maximum Gasteiger partial charge on any atom is 0.172 e. The molecule has 4 nitrogen and oxygen atoms in total. The number of halogens is 2. The number of ether oxygens (including phenoxy) is 1. The highest BCUT2D eigenvalue weighted by Crippen LogP contribution is 2.27. The van der Waals surface area contributed by atoms with Crippen molar-refractivity contribution in [1.82, 2.24) is 9.88 Å². The summed E-state index contributed by atoms with van der Waals surface area (Å²) in [7, 11) is 1.35. The number of β-amino-alcohol motifs (C(OH)–C–C–N with tert-alkyl or cyclic N) is 1. The third kappa shape index (κ3) is 3.55. The minimum atomic E-state index is -0.680. The van der Waals surface area contributed by atoms with Crippen molar-refractivity contribution >= 4 is 0 Å². The number of rotatable bonds is 5. The summed E-state index contributed by atoms with van der Waals surface area (Å²) in [6, 6.07) is 8.14. The first-order valence-corrected chi connectivity index (χ1v) is 7.89. The van der Waals surface area contributed by atoms with Gasteiger partial charge in [-0.2, -0.15) is 0 Å². The van der Waals surface area contributed by atoms with Gasteiger partial charge in [0.1, 0.15) is 5.82 Å². The molecule has 3 rings (SSSR count). The van der Waals surface area contributed by atoms with Crippen LogP contribution in [0.1, 0.15) is 11.3 Å². The Bertz CT molecular complexity index is 697. The highest BCUT2D eigenvalue weighted by Gasteiger charge is 2.32. The Morgan fingerprint density at radius 3 is 2.79 bits per heavy atom. The molecular weight excluding hydrogens is 314 g/mol. The fraction of sp³-hybridized carbons (Fsp3) is 0.389. The molecule has 1 N–H and O–H groups in total. The summed E-state index contributed by atoms with van der Waals surface area (Å²) in [5.41, 5.74) is 0.877. The molecule has 2 heterocycles. The van der Waals surface area contributed by atoms with Crippen LogP contribution in [0.3, 0.4) is 0 Å². The van der Waals surface area contributed by atoms with Gasteiger partial charge >= 0.3 is 0 Å². The average Bonchev–Trinajstić information content (AvgIpc) is 2.92. The van der Waals surface area contributed by atoms with E-state index in [1.807, 2.05) is 23.1 Å². The number of hydrogen-bond acceptors (Lipinski definition) is 4. The maximum atomic E-state index is 14.3. The molecule has 1 saturated heterocycles. The number of aliphatic hydroxyl groups excluding tert-OH is 1. The van der Waals surface area contributed by atoms with Gasteiger partial charge in [0.15, 0.2) is 11.6 Å². The first-order chi connectivity index (χ1) is 11.6. The van der Waals surface area contributed by atoms with Crippen LogP contribution in [0.2, 0.25) is 0 Å². The van der Waals surface area contributed by atoms with Gasteiger partial charge in [-0.3, -0.25) is 9.88 Å². The third-order valence-electron chi connectivity index (χ3n) is 4.43. The molecule has 0 bridgehead atoms. The van der Waals surface area contributed by atoms with E-state index in [-0.39, 0.29) is 23.8 Å². The number of aliphatic hydroxyl groups is 1. The summed E-state index contributed by atoms with van der Waals surface area (Å²) in [4.78, 5) is 6.13. The Morgan fingerprint density at radius 2 is 2.08 bits per heavy atom. The van der Waals surface area contributed by atoms with Crippen molar-refractivity contribution in [2.75, 3.05) is 20.2 Å². The molecule has 1 fully saturated rings. The molecule has 0 amide bonds. The second-order valence-corrected chi connectivity index (χ2v) is 6.09. The van der Waals surface area contributed by atoms with E-state index in [0.29, 0.717) is 19.5 Å². The number of pyridine rings is 1. The van der Waals surface area contributed by atoms with E-state index < -0.39 is 17.7 Å². The lowest BCUT2D eigenvalue weighted by atomic mass is 10.00. The normalized spacial score (nSPS) is 21.2. The highest BCUT2D eigenvalue weighted by molar-refractivity contribution is 5.32. The van der Waals surface area contributed by atoms with Crippen molar-refractivity contribution in [3.63, 3.8) is 0 Å². The number of benzene rings is 1. The molecule has 0 unspecified atom stereocenters. The van der Waals surface area contributed by atoms with Crippen LogP contribution in [0, 0.1) is 17.6 Å². The van der Waals surface area contributed by atoms with Gasteiger partial charge in [0.25, 0.3) is 0 Å². The molecule has 128 valence electrons. The van der Waals surface area contributed by atoms with Gasteiger partial charge in [-0.05, 0) is 30.7 Å². The predicted molar refractivity (Wildman–Crippen MR) is 85.6 cm³/mol. The van der Waals surface area contributed by atoms with Crippen LogP contribution in [0.4, 0.5) is 8.78 Å². The number of nitrogens with zero attached hydrogens (tertiary/aromatic N) is 2. The van der Waals surface area contributed by atoms with E-state index in [1.165, 1.54) is 19.2 Å². The molecule has 1 aromatic heterocycles. The van der Waals surface area contributed by atoms with Gasteiger partial charge in [0.2, 0.25) is 0 Å². The highest BCUT2D eigenvalue weighted by atomic mass is 19.1. The molecule has 0 saturated carbocycles. The molecule has 0 spiro atoms.